The molecule has 51 valence electrons. The van der Waals surface area contributed by atoms with Gasteiger partial charge in [0.1, 0.15) is 0 Å². The van der Waals surface area contributed by atoms with Crippen LogP contribution in [-0.2, 0) is 0 Å². The van der Waals surface area contributed by atoms with E-state index in [4.69, 9.17) is 0 Å². The van der Waals surface area contributed by atoms with E-state index >= 15 is 0 Å². The van der Waals surface area contributed by atoms with E-state index in [-0.39, 0.29) is 0 Å². The van der Waals surface area contributed by atoms with Gasteiger partial charge < -0.3 is 5.32 Å². The third kappa shape index (κ3) is 0.877. The van der Waals surface area contributed by atoms with Gasteiger partial charge in [0.15, 0.2) is 0 Å². The minimum atomic E-state index is 0.714. The van der Waals surface area contributed by atoms with Gasteiger partial charge in [-0.25, -0.2) is 0 Å². The number of hydrogen-bond donors (Lipinski definition) is 1. The second-order valence-electron chi connectivity index (χ2n) is 3.37. The fourth-order valence-electron chi connectivity index (χ4n) is 1.92. The molecule has 0 aromatic carbocycles. The van der Waals surface area contributed by atoms with Crippen LogP contribution in [0.1, 0.15) is 25.7 Å². The summed E-state index contributed by atoms with van der Waals surface area (Å²) in [7, 11) is 0. The maximum absolute atomic E-state index is 3.35. The zero-order valence-electron chi connectivity index (χ0n) is 5.82. The van der Waals surface area contributed by atoms with Crippen LogP contribution in [-0.4, -0.2) is 13.1 Å². The van der Waals surface area contributed by atoms with E-state index in [1.807, 2.05) is 0 Å². The van der Waals surface area contributed by atoms with Crippen molar-refractivity contribution < 1.29 is 0 Å². The highest BCUT2D eigenvalue weighted by Crippen LogP contribution is 2.46. The molecular formula is C8H14N. The quantitative estimate of drug-likeness (QED) is 0.514. The van der Waals surface area contributed by atoms with E-state index in [9.17, 15) is 0 Å². The van der Waals surface area contributed by atoms with Crippen LogP contribution in [0.25, 0.3) is 0 Å². The molecule has 9 heavy (non-hydrogen) atoms. The summed E-state index contributed by atoms with van der Waals surface area (Å²) in [6.45, 7) is 2.40. The Morgan fingerprint density at radius 3 is 2.44 bits per heavy atom. The molecule has 1 heteroatoms. The average molecular weight is 124 g/mol. The molecule has 0 unspecified atom stereocenters. The van der Waals surface area contributed by atoms with Crippen molar-refractivity contribution >= 4 is 0 Å². The Kier molecular flexibility index (Phi) is 1.26. The lowest BCUT2D eigenvalue weighted by Gasteiger charge is -2.44. The molecule has 1 radical (unpaired) electrons. The van der Waals surface area contributed by atoms with Crippen molar-refractivity contribution in [3.63, 3.8) is 0 Å². The van der Waals surface area contributed by atoms with Crippen LogP contribution in [0.5, 0.6) is 0 Å². The fourth-order valence-corrected chi connectivity index (χ4v) is 1.92. The Balaban J connectivity index is 1.93. The lowest BCUT2D eigenvalue weighted by molar-refractivity contribution is 0.143. The van der Waals surface area contributed by atoms with Gasteiger partial charge in [-0.05, 0) is 44.2 Å². The number of hydrogen-bond acceptors (Lipinski definition) is 1. The van der Waals surface area contributed by atoms with Crippen LogP contribution in [0.15, 0.2) is 0 Å². The fraction of sp³-hybridized carbons (Fsp3) is 0.875. The standard InChI is InChI=1S/C8H14N/c1-2-8(3-1)4-6-9-7-5-8/h4,9H,1-3,5-7H2. The molecule has 0 aromatic heterocycles. The molecule has 1 saturated heterocycles. The molecular weight excluding hydrogens is 110 g/mol. The van der Waals surface area contributed by atoms with E-state index in [2.05, 4.69) is 11.7 Å². The summed E-state index contributed by atoms with van der Waals surface area (Å²) in [6.07, 6.45) is 8.28. The molecule has 1 saturated carbocycles. The molecule has 2 fully saturated rings. The maximum Gasteiger partial charge on any atom is -0.00119 e. The van der Waals surface area contributed by atoms with Crippen molar-refractivity contribution in [2.24, 2.45) is 5.41 Å². The summed E-state index contributed by atoms with van der Waals surface area (Å²) >= 11 is 0. The minimum Gasteiger partial charge on any atom is -0.316 e. The number of rotatable bonds is 0. The highest BCUT2D eigenvalue weighted by molar-refractivity contribution is 5.02. The second kappa shape index (κ2) is 1.98. The minimum absolute atomic E-state index is 0.714. The smallest absolute Gasteiger partial charge is 0.00119 e. The van der Waals surface area contributed by atoms with Crippen LogP contribution < -0.4 is 5.32 Å². The predicted octanol–water partition coefficient (Wildman–Crippen LogP) is 1.35. The Labute approximate surface area is 56.8 Å². The summed E-state index contributed by atoms with van der Waals surface area (Å²) in [4.78, 5) is 0. The molecule has 1 spiro atoms. The van der Waals surface area contributed by atoms with Crippen molar-refractivity contribution in [2.45, 2.75) is 25.7 Å². The van der Waals surface area contributed by atoms with E-state index in [1.165, 1.54) is 32.2 Å². The first-order chi connectivity index (χ1) is 4.41. The molecule has 0 aromatic rings. The third-order valence-corrected chi connectivity index (χ3v) is 2.83. The van der Waals surface area contributed by atoms with Crippen LogP contribution in [0.2, 0.25) is 0 Å². The van der Waals surface area contributed by atoms with Crippen molar-refractivity contribution in [1.82, 2.24) is 5.32 Å². The normalized spacial score (nSPS) is 32.0. The first kappa shape index (κ1) is 5.72. The zero-order chi connectivity index (χ0) is 6.16. The highest BCUT2D eigenvalue weighted by Gasteiger charge is 2.37. The summed E-state index contributed by atoms with van der Waals surface area (Å²) in [5.74, 6) is 0. The van der Waals surface area contributed by atoms with E-state index in [0.29, 0.717) is 5.41 Å². The largest absolute Gasteiger partial charge is 0.316 e. The number of nitrogens with one attached hydrogen (secondary N) is 1. The Morgan fingerprint density at radius 2 is 2.11 bits per heavy atom. The van der Waals surface area contributed by atoms with Gasteiger partial charge in [0, 0.05) is 0 Å². The van der Waals surface area contributed by atoms with Gasteiger partial charge in [0.25, 0.3) is 0 Å². The molecule has 1 aliphatic heterocycles. The Morgan fingerprint density at radius 1 is 1.22 bits per heavy atom. The summed E-state index contributed by atoms with van der Waals surface area (Å²) in [5, 5.41) is 3.35. The van der Waals surface area contributed by atoms with E-state index in [1.54, 1.807) is 0 Å². The van der Waals surface area contributed by atoms with Gasteiger partial charge in [0.05, 0.1) is 0 Å². The molecule has 2 rings (SSSR count). The van der Waals surface area contributed by atoms with Crippen molar-refractivity contribution in [1.29, 1.82) is 0 Å². The predicted molar refractivity (Wildman–Crippen MR) is 38.1 cm³/mol. The molecule has 1 nitrogen and oxygen atoms in total. The summed E-state index contributed by atoms with van der Waals surface area (Å²) < 4.78 is 0. The van der Waals surface area contributed by atoms with E-state index < -0.39 is 0 Å². The van der Waals surface area contributed by atoms with Crippen LogP contribution >= 0.6 is 0 Å². The lowest BCUT2D eigenvalue weighted by atomic mass is 9.63. The summed E-state index contributed by atoms with van der Waals surface area (Å²) in [6, 6.07) is 0. The van der Waals surface area contributed by atoms with Crippen LogP contribution in [0.3, 0.4) is 0 Å². The van der Waals surface area contributed by atoms with Crippen LogP contribution in [0, 0.1) is 11.8 Å². The monoisotopic (exact) mass is 124 g/mol. The van der Waals surface area contributed by atoms with Crippen molar-refractivity contribution in [2.75, 3.05) is 13.1 Å². The molecule has 1 aliphatic carbocycles. The Hall–Kier alpha value is -0.0400. The van der Waals surface area contributed by atoms with Gasteiger partial charge in [-0.15, -0.1) is 0 Å². The molecule has 1 heterocycles. The molecule has 0 amide bonds. The van der Waals surface area contributed by atoms with Gasteiger partial charge in [-0.1, -0.05) is 6.42 Å². The number of piperidine rings is 1. The molecule has 2 aliphatic rings. The third-order valence-electron chi connectivity index (χ3n) is 2.83. The van der Waals surface area contributed by atoms with E-state index in [0.717, 1.165) is 6.54 Å². The molecule has 1 N–H and O–H groups in total. The van der Waals surface area contributed by atoms with Crippen molar-refractivity contribution in [3.05, 3.63) is 6.42 Å². The first-order valence-corrected chi connectivity index (χ1v) is 3.96. The lowest BCUT2D eigenvalue weighted by Crippen LogP contribution is -2.41. The van der Waals surface area contributed by atoms with Crippen LogP contribution in [0.4, 0.5) is 0 Å². The van der Waals surface area contributed by atoms with Gasteiger partial charge in [0.2, 0.25) is 0 Å². The second-order valence-corrected chi connectivity index (χ2v) is 3.37. The maximum atomic E-state index is 3.35. The first-order valence-electron chi connectivity index (χ1n) is 3.96. The van der Waals surface area contributed by atoms with Crippen molar-refractivity contribution in [3.8, 4) is 0 Å². The van der Waals surface area contributed by atoms with Gasteiger partial charge >= 0.3 is 0 Å². The average Bonchev–Trinajstić information content (AvgIpc) is 1.87. The zero-order valence-corrected chi connectivity index (χ0v) is 5.82. The topological polar surface area (TPSA) is 12.0 Å². The van der Waals surface area contributed by atoms with Gasteiger partial charge in [-0.3, -0.25) is 0 Å². The SMILES string of the molecule is [CH]1CNCCC12CCC2. The molecule has 0 bridgehead atoms. The highest BCUT2D eigenvalue weighted by atomic mass is 14.9. The van der Waals surface area contributed by atoms with Gasteiger partial charge in [-0.2, -0.15) is 0 Å². The Bertz CT molecular complexity index is 97.1. The molecule has 0 atom stereocenters. The summed E-state index contributed by atoms with van der Waals surface area (Å²) in [5.41, 5.74) is 0.714.